The van der Waals surface area contributed by atoms with Crippen molar-refractivity contribution in [3.05, 3.63) is 429 Å². The molecule has 0 bridgehead atoms. The number of aromatic hydroxyl groups is 4. The van der Waals surface area contributed by atoms with Crippen molar-refractivity contribution in [1.29, 1.82) is 0 Å². The van der Waals surface area contributed by atoms with Gasteiger partial charge in [-0.05, 0) is 199 Å². The molecule has 0 atom stereocenters. The molecule has 15 rings (SSSR count). The molecule has 0 unspecified atom stereocenters. The third-order valence-electron chi connectivity index (χ3n) is 19.9. The summed E-state index contributed by atoms with van der Waals surface area (Å²) < 4.78 is 10.2. The molecule has 0 saturated carbocycles. The molecule has 0 spiro atoms. The number of anilines is 2. The number of rotatable bonds is 22. The van der Waals surface area contributed by atoms with Crippen LogP contribution in [0.1, 0.15) is 63.7 Å². The molecule has 15 aromatic carbocycles. The topological polar surface area (TPSA) is 278 Å². The Morgan fingerprint density at radius 3 is 0.975 bits per heavy atom. The quantitative estimate of drug-likeness (QED) is 0.0159. The molecule has 0 aliphatic rings. The number of ether oxygens (including phenoxy) is 2. The fourth-order valence-corrected chi connectivity index (χ4v) is 22.6. The minimum absolute atomic E-state index is 0.0372. The first kappa shape index (κ1) is 82.7. The molecule has 0 saturated heterocycles. The number of nitro benzene ring substituents is 2. The third kappa shape index (κ3) is 18.6. The summed E-state index contributed by atoms with van der Waals surface area (Å²) in [4.78, 5) is 72.4. The Labute approximate surface area is 683 Å². The van der Waals surface area contributed by atoms with Crippen molar-refractivity contribution >= 4 is 114 Å². The summed E-state index contributed by atoms with van der Waals surface area (Å²) >= 11 is 0. The molecule has 18 nitrogen and oxygen atoms in total. The predicted molar refractivity (Wildman–Crippen MR) is 473 cm³/mol. The number of phenolic OH excluding ortho intramolecular Hbond substituents is 4. The first-order valence-electron chi connectivity index (χ1n) is 37.5. The minimum Gasteiger partial charge on any atom is -0.507 e. The summed E-state index contributed by atoms with van der Waals surface area (Å²) in [6.07, 6.45) is -0.391. The molecule has 118 heavy (non-hydrogen) atoms. The van der Waals surface area contributed by atoms with E-state index in [1.807, 2.05) is 30.3 Å². The molecular formula is C98H82N4O14P2+2. The highest BCUT2D eigenvalue weighted by Crippen LogP contribution is 2.55. The summed E-state index contributed by atoms with van der Waals surface area (Å²) in [6.45, 7) is 3.56. The van der Waals surface area contributed by atoms with Gasteiger partial charge in [0.1, 0.15) is 68.5 Å². The number of hydrogen-bond donors (Lipinski definition) is 6. The van der Waals surface area contributed by atoms with Crippen LogP contribution in [0.5, 0.6) is 34.5 Å². The Bertz CT molecular complexity index is 5380. The second-order valence-corrected chi connectivity index (χ2v) is 34.0. The van der Waals surface area contributed by atoms with Gasteiger partial charge in [0, 0.05) is 48.5 Å². The molecule has 0 aliphatic carbocycles. The lowest BCUT2D eigenvalue weighted by Gasteiger charge is -2.27. The number of para-hydroxylation sites is 2. The van der Waals surface area contributed by atoms with Crippen LogP contribution >= 0.6 is 14.5 Å². The Morgan fingerprint density at radius 1 is 0.322 bits per heavy atom. The molecule has 0 radical (unpaired) electrons. The number of Topliss-reactive ketones (excluding diaryl/α,β-unsaturated/α-hetero) is 2. The van der Waals surface area contributed by atoms with Crippen LogP contribution in [-0.4, -0.2) is 67.9 Å². The Kier molecular flexibility index (Phi) is 26.9. The Hall–Kier alpha value is -14.7. The van der Waals surface area contributed by atoms with E-state index in [-0.39, 0.29) is 80.9 Å². The zero-order valence-electron chi connectivity index (χ0n) is 64.7. The van der Waals surface area contributed by atoms with Gasteiger partial charge in [0.25, 0.3) is 23.2 Å². The second kappa shape index (κ2) is 38.4. The number of phenols is 4. The van der Waals surface area contributed by atoms with Crippen LogP contribution in [0.15, 0.2) is 364 Å². The van der Waals surface area contributed by atoms with Gasteiger partial charge in [-0.15, -0.1) is 0 Å². The normalized spacial score (nSPS) is 10.8. The number of ketones is 2. The number of carbonyl (C=O) groups excluding carboxylic acids is 4. The van der Waals surface area contributed by atoms with Crippen LogP contribution in [0.25, 0.3) is 10.8 Å². The highest BCUT2D eigenvalue weighted by Gasteiger charge is 2.49. The van der Waals surface area contributed by atoms with Gasteiger partial charge in [0.05, 0.1) is 46.3 Å². The summed E-state index contributed by atoms with van der Waals surface area (Å²) in [5, 5.41) is 81.1. The van der Waals surface area contributed by atoms with E-state index in [0.29, 0.717) is 16.8 Å². The standard InChI is InChI=1S/C27H23NO6.2C24H20P.C23H19N3O8/c1-33-23-11-5-9-19(25(23)30)22(29)15-18-13-16-7-3-4-8-17(16)14-21(18)28-27(32)20-10-6-12-24(34-2)26(20)31;2*1-5-13-21(14-6-1)25(22-15-7-2-8-16-22,23-17-9-3-10-18-23)24-19-11-4-12-20-24;1-12-7-14(9-22(29)17-10-15(25(31)32)3-5-20(17)27)19(8-13(12)2)24-23(30)18-11-16(26(33)34)4-6-21(18)28/h3-14,30-31H,15H2,1-2H3,(H,28,32);2*1-20H;3-8,10-11,27-28H,9H2,1-2H3,(H,24,30)/q;2*+1;. The number of nitro groups is 2. The number of fused-ring (bicyclic) bond motifs is 1. The molecule has 0 heterocycles. The summed E-state index contributed by atoms with van der Waals surface area (Å²) in [6, 6.07) is 118. The lowest BCUT2D eigenvalue weighted by Crippen LogP contribution is -2.38. The molecule has 586 valence electrons. The minimum atomic E-state index is -1.91. The lowest BCUT2D eigenvalue weighted by atomic mass is 9.96. The van der Waals surface area contributed by atoms with E-state index in [9.17, 15) is 59.8 Å². The first-order valence-corrected chi connectivity index (χ1v) is 41.0. The van der Waals surface area contributed by atoms with Gasteiger partial charge in [-0.3, -0.25) is 39.4 Å². The molecule has 0 fully saturated rings. The van der Waals surface area contributed by atoms with E-state index in [4.69, 9.17) is 9.47 Å². The van der Waals surface area contributed by atoms with Crippen LogP contribution in [0.2, 0.25) is 0 Å². The van der Waals surface area contributed by atoms with Gasteiger partial charge in [-0.1, -0.05) is 188 Å². The average Bonchev–Trinajstić information content (AvgIpc) is 0.740. The lowest BCUT2D eigenvalue weighted by molar-refractivity contribution is -0.385. The number of amides is 2. The van der Waals surface area contributed by atoms with E-state index in [1.54, 1.807) is 56.3 Å². The SMILES string of the molecule is COc1cccc(C(=O)Cc2cc3ccccc3cc2NC(=O)c2cccc(OC)c2O)c1O.Cc1cc(CC(=O)c2cc([N+](=O)[O-])ccc2O)c(NC(=O)c2cc([N+](=O)[O-])ccc2O)cc1C.c1ccc([P+](c2ccccc2)(c2ccccc2)c2ccccc2)cc1.c1ccc([P+](c2ccccc2)(c2ccccc2)c2ccccc2)cc1. The number of benzene rings is 15. The van der Waals surface area contributed by atoms with Crippen LogP contribution in [0.4, 0.5) is 22.7 Å². The highest BCUT2D eigenvalue weighted by molar-refractivity contribution is 8.02. The van der Waals surface area contributed by atoms with Crippen molar-refractivity contribution < 1.29 is 58.9 Å². The largest absolute Gasteiger partial charge is 0.507 e. The van der Waals surface area contributed by atoms with E-state index >= 15 is 0 Å². The first-order chi connectivity index (χ1) is 57.2. The van der Waals surface area contributed by atoms with Crippen molar-refractivity contribution in [3.8, 4) is 34.5 Å². The van der Waals surface area contributed by atoms with E-state index in [0.717, 1.165) is 58.3 Å². The van der Waals surface area contributed by atoms with Gasteiger partial charge < -0.3 is 40.5 Å². The fraction of sp³-hybridized carbons (Fsp3) is 0.0612. The van der Waals surface area contributed by atoms with Gasteiger partial charge in [-0.25, -0.2) is 0 Å². The van der Waals surface area contributed by atoms with Crippen LogP contribution in [0.3, 0.4) is 0 Å². The van der Waals surface area contributed by atoms with E-state index < -0.39 is 53.5 Å². The maximum absolute atomic E-state index is 13.1. The van der Waals surface area contributed by atoms with Crippen molar-refractivity contribution in [2.24, 2.45) is 0 Å². The molecule has 20 heteroatoms. The average molecular weight is 1600 g/mol. The van der Waals surface area contributed by atoms with Crippen molar-refractivity contribution in [3.63, 3.8) is 0 Å². The fourth-order valence-electron chi connectivity index (χ4n) is 14.1. The third-order valence-corrected chi connectivity index (χ3v) is 28.5. The van der Waals surface area contributed by atoms with E-state index in [1.165, 1.54) is 68.8 Å². The number of nitrogens with zero attached hydrogens (tertiary/aromatic N) is 2. The Balaban J connectivity index is 0.000000146. The zero-order chi connectivity index (χ0) is 83.3. The summed E-state index contributed by atoms with van der Waals surface area (Å²) in [5.41, 5.74) is 1.91. The smallest absolute Gasteiger partial charge is 0.270 e. The van der Waals surface area contributed by atoms with Crippen molar-refractivity contribution in [1.82, 2.24) is 0 Å². The molecular weight excluding hydrogens is 1520 g/mol. The number of hydrogen-bond acceptors (Lipinski definition) is 14. The second-order valence-electron chi connectivity index (χ2n) is 27.2. The van der Waals surface area contributed by atoms with Gasteiger partial charge in [0.15, 0.2) is 34.6 Å². The van der Waals surface area contributed by atoms with Crippen LogP contribution < -0.4 is 62.5 Å². The molecule has 0 aromatic heterocycles. The van der Waals surface area contributed by atoms with Gasteiger partial charge in [-0.2, -0.15) is 0 Å². The maximum Gasteiger partial charge on any atom is 0.270 e. The monoisotopic (exact) mass is 1600 g/mol. The van der Waals surface area contributed by atoms with Crippen LogP contribution in [-0.2, 0) is 12.8 Å². The van der Waals surface area contributed by atoms with Crippen molar-refractivity contribution in [2.45, 2.75) is 26.7 Å². The number of carbonyl (C=O) groups is 4. The van der Waals surface area contributed by atoms with E-state index in [2.05, 4.69) is 253 Å². The molecule has 2 amide bonds. The summed E-state index contributed by atoms with van der Waals surface area (Å²) in [5.74, 6) is -3.38. The molecule has 15 aromatic rings. The van der Waals surface area contributed by atoms with Crippen LogP contribution in [0, 0.1) is 34.1 Å². The molecule has 6 N–H and O–H groups in total. The zero-order valence-corrected chi connectivity index (χ0v) is 66.5. The van der Waals surface area contributed by atoms with Gasteiger partial charge in [0.2, 0.25) is 0 Å². The van der Waals surface area contributed by atoms with Gasteiger partial charge >= 0.3 is 0 Å². The molecule has 0 aliphatic heterocycles. The summed E-state index contributed by atoms with van der Waals surface area (Å²) in [7, 11) is -1.000. The number of aryl methyl sites for hydroxylation is 2. The number of non-ortho nitro benzene ring substituents is 2. The highest BCUT2D eigenvalue weighted by atomic mass is 31.2. The van der Waals surface area contributed by atoms with Crippen molar-refractivity contribution in [2.75, 3.05) is 24.9 Å². The number of nitrogens with one attached hydrogen (secondary N) is 2. The Morgan fingerprint density at radius 2 is 0.610 bits per heavy atom. The maximum atomic E-state index is 13.1. The predicted octanol–water partition coefficient (Wildman–Crippen LogP) is 17.8. The number of methoxy groups -OCH3 is 2.